The Morgan fingerprint density at radius 3 is 1.58 bits per heavy atom. The molecule has 0 amide bonds. The second kappa shape index (κ2) is 8.41. The Morgan fingerprint density at radius 2 is 1.23 bits per heavy atom. The van der Waals surface area contributed by atoms with Crippen LogP contribution in [-0.2, 0) is 14.1 Å². The summed E-state index contributed by atoms with van der Waals surface area (Å²) in [6.45, 7) is 9.32. The van der Waals surface area contributed by atoms with E-state index in [0.29, 0.717) is 11.5 Å². The smallest absolute Gasteiger partial charge is 0.441 e. The van der Waals surface area contributed by atoms with Gasteiger partial charge in [0.15, 0.2) is 6.16 Å². The van der Waals surface area contributed by atoms with Gasteiger partial charge in [-0.1, -0.05) is 36.4 Å². The molecule has 0 aromatic heterocycles. The number of para-hydroxylation sites is 2. The summed E-state index contributed by atoms with van der Waals surface area (Å²) in [5.41, 5.74) is 3.27. The molecule has 2 aromatic rings. The van der Waals surface area contributed by atoms with Gasteiger partial charge in [0.05, 0.1) is 6.61 Å². The van der Waals surface area contributed by atoms with Crippen molar-refractivity contribution in [3.05, 3.63) is 58.7 Å². The van der Waals surface area contributed by atoms with Crippen LogP contribution >= 0.6 is 7.60 Å². The van der Waals surface area contributed by atoms with Gasteiger partial charge in [-0.3, -0.25) is 4.79 Å². The lowest BCUT2D eigenvalue weighted by molar-refractivity contribution is -0.140. The molecule has 0 unspecified atom stereocenters. The van der Waals surface area contributed by atoms with Crippen LogP contribution in [0.1, 0.15) is 29.2 Å². The number of rotatable bonds is 7. The molecule has 0 saturated heterocycles. The summed E-state index contributed by atoms with van der Waals surface area (Å²) >= 11 is 0. The van der Waals surface area contributed by atoms with Crippen LogP contribution in [0.15, 0.2) is 36.4 Å². The van der Waals surface area contributed by atoms with E-state index < -0.39 is 19.7 Å². The molecular formula is C20H25O5P. The van der Waals surface area contributed by atoms with E-state index in [2.05, 4.69) is 0 Å². The summed E-state index contributed by atoms with van der Waals surface area (Å²) in [6.07, 6.45) is -0.456. The average molecular weight is 376 g/mol. The van der Waals surface area contributed by atoms with Gasteiger partial charge in [-0.2, -0.15) is 0 Å². The maximum atomic E-state index is 13.5. The molecule has 2 rings (SSSR count). The predicted octanol–water partition coefficient (Wildman–Crippen LogP) is 5.13. The highest BCUT2D eigenvalue weighted by Crippen LogP contribution is 2.51. The lowest BCUT2D eigenvalue weighted by Gasteiger charge is -2.23. The van der Waals surface area contributed by atoms with E-state index in [4.69, 9.17) is 13.8 Å². The monoisotopic (exact) mass is 376 g/mol. The lowest BCUT2D eigenvalue weighted by atomic mass is 10.1. The third-order valence-electron chi connectivity index (χ3n) is 3.91. The Bertz CT molecular complexity index is 746. The molecule has 26 heavy (non-hydrogen) atoms. The van der Waals surface area contributed by atoms with Gasteiger partial charge in [0, 0.05) is 0 Å². The normalized spacial score (nSPS) is 11.1. The summed E-state index contributed by atoms with van der Waals surface area (Å²) in [5, 5.41) is 0. The van der Waals surface area contributed by atoms with Crippen LogP contribution in [0.5, 0.6) is 11.5 Å². The molecule has 0 fully saturated rings. The summed E-state index contributed by atoms with van der Waals surface area (Å²) in [4.78, 5) is 12.0. The predicted molar refractivity (Wildman–Crippen MR) is 102 cm³/mol. The minimum absolute atomic E-state index is 0.200. The van der Waals surface area contributed by atoms with Gasteiger partial charge in [-0.25, -0.2) is 4.57 Å². The standard InChI is InChI=1S/C20H25O5P/c1-6-23-18(21)13-26(22,24-19-14(2)9-7-10-15(19)3)25-20-16(4)11-8-12-17(20)5/h7-12H,6,13H2,1-5H3. The number of esters is 1. The number of carbonyl (C=O) groups is 1. The van der Waals surface area contributed by atoms with E-state index in [0.717, 1.165) is 22.3 Å². The molecular weight excluding hydrogens is 351 g/mol. The van der Waals surface area contributed by atoms with Crippen molar-refractivity contribution in [1.82, 2.24) is 0 Å². The fourth-order valence-electron chi connectivity index (χ4n) is 2.61. The molecule has 6 heteroatoms. The molecule has 0 spiro atoms. The molecule has 0 atom stereocenters. The Morgan fingerprint density at radius 1 is 0.846 bits per heavy atom. The Hall–Kier alpha value is -2.26. The van der Waals surface area contributed by atoms with Crippen molar-refractivity contribution in [2.75, 3.05) is 12.8 Å². The largest absolute Gasteiger partial charge is 0.465 e. The molecule has 0 radical (unpaired) electrons. The number of hydrogen-bond acceptors (Lipinski definition) is 5. The molecule has 2 aromatic carbocycles. The van der Waals surface area contributed by atoms with Crippen molar-refractivity contribution in [1.29, 1.82) is 0 Å². The molecule has 140 valence electrons. The quantitative estimate of drug-likeness (QED) is 0.495. The topological polar surface area (TPSA) is 61.8 Å². The zero-order valence-electron chi connectivity index (χ0n) is 15.9. The number of ether oxygens (including phenoxy) is 1. The summed E-state index contributed by atoms with van der Waals surface area (Å²) in [6, 6.07) is 11.2. The number of aryl methyl sites for hydroxylation is 4. The maximum absolute atomic E-state index is 13.5. The van der Waals surface area contributed by atoms with E-state index >= 15 is 0 Å². The fourth-order valence-corrected chi connectivity index (χ4v) is 4.32. The second-order valence-electron chi connectivity index (χ2n) is 6.20. The highest BCUT2D eigenvalue weighted by Gasteiger charge is 2.34. The van der Waals surface area contributed by atoms with Crippen molar-refractivity contribution in [2.45, 2.75) is 34.6 Å². The fraction of sp³-hybridized carbons (Fsp3) is 0.350. The molecule has 0 bridgehead atoms. The van der Waals surface area contributed by atoms with Gasteiger partial charge in [0.1, 0.15) is 11.5 Å². The summed E-state index contributed by atoms with van der Waals surface area (Å²) in [7, 11) is -3.83. The first kappa shape index (κ1) is 20.1. The minimum atomic E-state index is -3.83. The molecule has 0 heterocycles. The highest BCUT2D eigenvalue weighted by atomic mass is 31.2. The van der Waals surface area contributed by atoms with Crippen LogP contribution in [-0.4, -0.2) is 18.7 Å². The third-order valence-corrected chi connectivity index (χ3v) is 5.47. The Labute approximate surface area is 154 Å². The highest BCUT2D eigenvalue weighted by molar-refractivity contribution is 7.55. The molecule has 0 aliphatic rings. The van der Waals surface area contributed by atoms with E-state index in [-0.39, 0.29) is 6.61 Å². The van der Waals surface area contributed by atoms with Crippen molar-refractivity contribution in [3.8, 4) is 11.5 Å². The Kier molecular flexibility index (Phi) is 6.49. The van der Waals surface area contributed by atoms with Crippen molar-refractivity contribution >= 4 is 13.6 Å². The molecule has 0 aliphatic carbocycles. The van der Waals surface area contributed by atoms with Crippen LogP contribution < -0.4 is 9.05 Å². The van der Waals surface area contributed by atoms with Gasteiger partial charge >= 0.3 is 13.6 Å². The van der Waals surface area contributed by atoms with E-state index in [1.165, 1.54) is 0 Å². The van der Waals surface area contributed by atoms with Crippen molar-refractivity contribution in [3.63, 3.8) is 0 Å². The first-order valence-electron chi connectivity index (χ1n) is 8.52. The van der Waals surface area contributed by atoms with Crippen LogP contribution in [0.25, 0.3) is 0 Å². The number of carbonyl (C=O) groups excluding carboxylic acids is 1. The van der Waals surface area contributed by atoms with Crippen LogP contribution in [0.2, 0.25) is 0 Å². The van der Waals surface area contributed by atoms with Gasteiger partial charge in [-0.15, -0.1) is 0 Å². The first-order valence-corrected chi connectivity index (χ1v) is 10.2. The molecule has 5 nitrogen and oxygen atoms in total. The van der Waals surface area contributed by atoms with E-state index in [1.807, 2.05) is 64.1 Å². The first-order chi connectivity index (χ1) is 12.3. The zero-order valence-corrected chi connectivity index (χ0v) is 16.8. The average Bonchev–Trinajstić information content (AvgIpc) is 2.55. The van der Waals surface area contributed by atoms with Crippen molar-refractivity contribution < 1.29 is 23.1 Å². The van der Waals surface area contributed by atoms with E-state index in [1.54, 1.807) is 6.92 Å². The van der Waals surface area contributed by atoms with Crippen LogP contribution in [0.4, 0.5) is 0 Å². The molecule has 0 N–H and O–H groups in total. The van der Waals surface area contributed by atoms with Gasteiger partial charge in [0.25, 0.3) is 0 Å². The van der Waals surface area contributed by atoms with Gasteiger partial charge < -0.3 is 13.8 Å². The summed E-state index contributed by atoms with van der Waals surface area (Å²) < 4.78 is 30.1. The number of hydrogen-bond donors (Lipinski definition) is 0. The molecule has 0 aliphatic heterocycles. The van der Waals surface area contributed by atoms with Crippen LogP contribution in [0, 0.1) is 27.7 Å². The summed E-state index contributed by atoms with van der Waals surface area (Å²) in [5.74, 6) is 0.311. The van der Waals surface area contributed by atoms with Crippen molar-refractivity contribution in [2.24, 2.45) is 0 Å². The maximum Gasteiger partial charge on any atom is 0.441 e. The zero-order chi connectivity index (χ0) is 19.3. The lowest BCUT2D eigenvalue weighted by Crippen LogP contribution is -2.16. The van der Waals surface area contributed by atoms with Crippen LogP contribution in [0.3, 0.4) is 0 Å². The SMILES string of the molecule is CCOC(=O)CP(=O)(Oc1c(C)cccc1C)Oc1c(C)cccc1C. The molecule has 0 saturated carbocycles. The second-order valence-corrected chi connectivity index (χ2v) is 8.10. The van der Waals surface area contributed by atoms with Gasteiger partial charge in [0.2, 0.25) is 0 Å². The third kappa shape index (κ3) is 4.89. The minimum Gasteiger partial charge on any atom is -0.465 e. The van der Waals surface area contributed by atoms with E-state index in [9.17, 15) is 9.36 Å². The van der Waals surface area contributed by atoms with Gasteiger partial charge in [-0.05, 0) is 56.9 Å². The number of benzene rings is 2. The Balaban J connectivity index is 2.42.